The monoisotopic (exact) mass is 255 g/mol. The van der Waals surface area contributed by atoms with Crippen molar-refractivity contribution in [1.82, 2.24) is 0 Å². The Morgan fingerprint density at radius 2 is 1.81 bits per heavy atom. The lowest BCUT2D eigenvalue weighted by atomic mass is 9.98. The fraction of sp³-hybridized carbons (Fsp3) is 0.400. The highest BCUT2D eigenvalue weighted by Crippen LogP contribution is 2.34. The highest BCUT2D eigenvalue weighted by Gasteiger charge is 2.34. The summed E-state index contributed by atoms with van der Waals surface area (Å²) in [6.45, 7) is -0.229. The maximum atomic E-state index is 12.5. The van der Waals surface area contributed by atoms with Crippen LogP contribution in [0.4, 0.5) is 13.2 Å². The third-order valence-corrected chi connectivity index (χ3v) is 2.11. The van der Waals surface area contributed by atoms with Gasteiger partial charge in [0.05, 0.1) is 5.56 Å². The molecule has 6 heteroatoms. The van der Waals surface area contributed by atoms with Gasteiger partial charge < -0.3 is 10.8 Å². The maximum absolute atomic E-state index is 12.5. The molecule has 1 atom stereocenters. The van der Waals surface area contributed by atoms with E-state index in [1.165, 1.54) is 18.2 Å². The van der Waals surface area contributed by atoms with Crippen LogP contribution in [0.15, 0.2) is 24.3 Å². The Bertz CT molecular complexity index is 330. The van der Waals surface area contributed by atoms with E-state index in [2.05, 4.69) is 0 Å². The predicted octanol–water partition coefficient (Wildman–Crippen LogP) is 2.51. The molecule has 3 N–H and O–H groups in total. The molecule has 0 fully saturated rings. The molecule has 16 heavy (non-hydrogen) atoms. The van der Waals surface area contributed by atoms with E-state index in [9.17, 15) is 13.2 Å². The zero-order valence-electron chi connectivity index (χ0n) is 8.37. The topological polar surface area (TPSA) is 46.2 Å². The van der Waals surface area contributed by atoms with Gasteiger partial charge in [-0.05, 0) is 18.1 Å². The Kier molecular flexibility index (Phi) is 5.78. The van der Waals surface area contributed by atoms with E-state index in [1.807, 2.05) is 0 Å². The van der Waals surface area contributed by atoms with Gasteiger partial charge in [-0.15, -0.1) is 12.4 Å². The highest BCUT2D eigenvalue weighted by atomic mass is 35.5. The molecule has 0 radical (unpaired) electrons. The van der Waals surface area contributed by atoms with Crippen LogP contribution in [0.1, 0.15) is 23.6 Å². The van der Waals surface area contributed by atoms with Crippen LogP contribution in [-0.4, -0.2) is 11.7 Å². The first kappa shape index (κ1) is 15.2. The zero-order chi connectivity index (χ0) is 11.5. The first-order valence-electron chi connectivity index (χ1n) is 4.49. The second kappa shape index (κ2) is 6.08. The molecule has 1 rings (SSSR count). The molecule has 0 aliphatic heterocycles. The Morgan fingerprint density at radius 3 is 2.31 bits per heavy atom. The Balaban J connectivity index is 0.00000225. The summed E-state index contributed by atoms with van der Waals surface area (Å²) in [5.74, 6) is 0. The minimum atomic E-state index is -4.40. The largest absolute Gasteiger partial charge is 0.416 e. The van der Waals surface area contributed by atoms with Crippen molar-refractivity contribution in [3.8, 4) is 0 Å². The van der Waals surface area contributed by atoms with Crippen LogP contribution in [0.2, 0.25) is 0 Å². The van der Waals surface area contributed by atoms with Crippen LogP contribution >= 0.6 is 12.4 Å². The minimum absolute atomic E-state index is 0. The molecule has 0 heterocycles. The van der Waals surface area contributed by atoms with Crippen molar-refractivity contribution in [2.75, 3.05) is 6.61 Å². The lowest BCUT2D eigenvalue weighted by Gasteiger charge is -2.17. The standard InChI is InChI=1S/C10H12F3NO.ClH/c11-10(12,13)8-4-2-1-3-7(8)9(14)5-6-15;/h1-4,9,15H,5-6,14H2;1H. The van der Waals surface area contributed by atoms with Crippen molar-refractivity contribution in [2.45, 2.75) is 18.6 Å². The molecule has 0 spiro atoms. The smallest absolute Gasteiger partial charge is 0.396 e. The quantitative estimate of drug-likeness (QED) is 0.872. The lowest BCUT2D eigenvalue weighted by Crippen LogP contribution is -2.18. The average molecular weight is 256 g/mol. The Hall–Kier alpha value is -0.780. The Morgan fingerprint density at radius 1 is 1.25 bits per heavy atom. The van der Waals surface area contributed by atoms with Crippen molar-refractivity contribution in [3.63, 3.8) is 0 Å². The fourth-order valence-electron chi connectivity index (χ4n) is 1.37. The molecule has 1 aromatic rings. The van der Waals surface area contributed by atoms with Crippen LogP contribution in [0.3, 0.4) is 0 Å². The van der Waals surface area contributed by atoms with E-state index >= 15 is 0 Å². The fourth-order valence-corrected chi connectivity index (χ4v) is 1.37. The van der Waals surface area contributed by atoms with E-state index in [-0.39, 0.29) is 31.0 Å². The molecule has 2 nitrogen and oxygen atoms in total. The van der Waals surface area contributed by atoms with Gasteiger partial charge in [-0.3, -0.25) is 0 Å². The van der Waals surface area contributed by atoms with Gasteiger partial charge >= 0.3 is 6.18 Å². The number of hydrogen-bond acceptors (Lipinski definition) is 2. The van der Waals surface area contributed by atoms with Gasteiger partial charge in [0.15, 0.2) is 0 Å². The summed E-state index contributed by atoms with van der Waals surface area (Å²) in [5, 5.41) is 8.63. The van der Waals surface area contributed by atoms with E-state index in [0.29, 0.717) is 0 Å². The van der Waals surface area contributed by atoms with E-state index in [1.54, 1.807) is 0 Å². The summed E-state index contributed by atoms with van der Waals surface area (Å²) in [6.07, 6.45) is -4.28. The summed E-state index contributed by atoms with van der Waals surface area (Å²) in [7, 11) is 0. The third kappa shape index (κ3) is 3.66. The van der Waals surface area contributed by atoms with Crippen LogP contribution in [0.5, 0.6) is 0 Å². The molecular formula is C10H13ClF3NO. The molecule has 0 aliphatic carbocycles. The number of benzene rings is 1. The molecule has 92 valence electrons. The first-order chi connectivity index (χ1) is 6.96. The van der Waals surface area contributed by atoms with E-state index < -0.39 is 17.8 Å². The average Bonchev–Trinajstić information content (AvgIpc) is 2.17. The van der Waals surface area contributed by atoms with Gasteiger partial charge in [-0.25, -0.2) is 0 Å². The number of rotatable bonds is 3. The van der Waals surface area contributed by atoms with Crippen molar-refractivity contribution in [2.24, 2.45) is 5.73 Å². The summed E-state index contributed by atoms with van der Waals surface area (Å²) >= 11 is 0. The van der Waals surface area contributed by atoms with Gasteiger partial charge in [0.2, 0.25) is 0 Å². The van der Waals surface area contributed by atoms with Crippen LogP contribution < -0.4 is 5.73 Å². The van der Waals surface area contributed by atoms with Gasteiger partial charge in [-0.1, -0.05) is 18.2 Å². The predicted molar refractivity (Wildman–Crippen MR) is 57.3 cm³/mol. The molecule has 1 unspecified atom stereocenters. The maximum Gasteiger partial charge on any atom is 0.416 e. The van der Waals surface area contributed by atoms with Gasteiger partial charge in [0.25, 0.3) is 0 Å². The summed E-state index contributed by atoms with van der Waals surface area (Å²) in [4.78, 5) is 0. The molecule has 0 bridgehead atoms. The molecule has 0 saturated heterocycles. The van der Waals surface area contributed by atoms with Gasteiger partial charge in [-0.2, -0.15) is 13.2 Å². The van der Waals surface area contributed by atoms with Crippen molar-refractivity contribution >= 4 is 12.4 Å². The van der Waals surface area contributed by atoms with E-state index in [0.717, 1.165) is 6.07 Å². The van der Waals surface area contributed by atoms with E-state index in [4.69, 9.17) is 10.8 Å². The second-order valence-electron chi connectivity index (χ2n) is 3.20. The second-order valence-corrected chi connectivity index (χ2v) is 3.20. The molecule has 1 aromatic carbocycles. The molecule has 0 aliphatic rings. The zero-order valence-corrected chi connectivity index (χ0v) is 9.18. The lowest BCUT2D eigenvalue weighted by molar-refractivity contribution is -0.138. The van der Waals surface area contributed by atoms with Crippen LogP contribution in [0.25, 0.3) is 0 Å². The summed E-state index contributed by atoms with van der Waals surface area (Å²) in [6, 6.07) is 4.36. The number of aliphatic hydroxyl groups excluding tert-OH is 1. The van der Waals surface area contributed by atoms with Crippen LogP contribution in [-0.2, 0) is 6.18 Å². The minimum Gasteiger partial charge on any atom is -0.396 e. The number of alkyl halides is 3. The number of nitrogens with two attached hydrogens (primary N) is 1. The molecule has 0 saturated carbocycles. The van der Waals surface area contributed by atoms with Crippen molar-refractivity contribution in [3.05, 3.63) is 35.4 Å². The number of halogens is 4. The Labute approximate surface area is 97.7 Å². The van der Waals surface area contributed by atoms with Gasteiger partial charge in [0.1, 0.15) is 0 Å². The van der Waals surface area contributed by atoms with Crippen molar-refractivity contribution in [1.29, 1.82) is 0 Å². The molecule has 0 aromatic heterocycles. The highest BCUT2D eigenvalue weighted by molar-refractivity contribution is 5.85. The summed E-state index contributed by atoms with van der Waals surface area (Å²) < 4.78 is 37.6. The third-order valence-electron chi connectivity index (χ3n) is 2.11. The molecular weight excluding hydrogens is 243 g/mol. The first-order valence-corrected chi connectivity index (χ1v) is 4.49. The number of hydrogen-bond donors (Lipinski definition) is 2. The SMILES string of the molecule is Cl.NC(CCO)c1ccccc1C(F)(F)F. The summed E-state index contributed by atoms with van der Waals surface area (Å²) in [5.41, 5.74) is 4.84. The van der Waals surface area contributed by atoms with Gasteiger partial charge in [0, 0.05) is 12.6 Å². The molecule has 0 amide bonds. The normalized spacial score (nSPS) is 13.1. The van der Waals surface area contributed by atoms with Crippen molar-refractivity contribution < 1.29 is 18.3 Å². The van der Waals surface area contributed by atoms with Crippen LogP contribution in [0, 0.1) is 0 Å². The number of aliphatic hydroxyl groups is 1.